The van der Waals surface area contributed by atoms with E-state index in [4.69, 9.17) is 9.47 Å². The van der Waals surface area contributed by atoms with Crippen molar-refractivity contribution in [3.8, 4) is 0 Å². The van der Waals surface area contributed by atoms with Crippen LogP contribution in [0.4, 0.5) is 0 Å². The summed E-state index contributed by atoms with van der Waals surface area (Å²) in [5.74, 6) is -0.539. The zero-order valence-electron chi connectivity index (χ0n) is 8.96. The standard InChI is InChI=1S/C13H14O3/c14-13-12-7-3-1-2-6-11(12)10-15-8-4-5-9-16-13/h1-7,12H,8-10H2/b5-4-. The quantitative estimate of drug-likeness (QED) is 0.459. The Hall–Kier alpha value is -1.61. The molecule has 1 aliphatic heterocycles. The van der Waals surface area contributed by atoms with Crippen molar-refractivity contribution in [1.29, 1.82) is 0 Å². The molecule has 0 N–H and O–H groups in total. The van der Waals surface area contributed by atoms with Gasteiger partial charge in [0.15, 0.2) is 0 Å². The van der Waals surface area contributed by atoms with Gasteiger partial charge in [0.1, 0.15) is 6.61 Å². The Morgan fingerprint density at radius 1 is 1.12 bits per heavy atom. The third-order valence-electron chi connectivity index (χ3n) is 2.46. The number of hydrogen-bond donors (Lipinski definition) is 0. The fourth-order valence-electron chi connectivity index (χ4n) is 1.61. The van der Waals surface area contributed by atoms with E-state index in [1.807, 2.05) is 36.5 Å². The van der Waals surface area contributed by atoms with Crippen molar-refractivity contribution < 1.29 is 14.3 Å². The van der Waals surface area contributed by atoms with Crippen LogP contribution in [0.3, 0.4) is 0 Å². The molecule has 0 spiro atoms. The van der Waals surface area contributed by atoms with Gasteiger partial charge in [0.05, 0.1) is 19.1 Å². The summed E-state index contributed by atoms with van der Waals surface area (Å²) < 4.78 is 10.6. The average Bonchev–Trinajstić information content (AvgIpc) is 2.53. The smallest absolute Gasteiger partial charge is 0.317 e. The van der Waals surface area contributed by atoms with Crippen LogP contribution >= 0.6 is 0 Å². The largest absolute Gasteiger partial charge is 0.461 e. The van der Waals surface area contributed by atoms with E-state index in [2.05, 4.69) is 0 Å². The van der Waals surface area contributed by atoms with Gasteiger partial charge in [0, 0.05) is 0 Å². The lowest BCUT2D eigenvalue weighted by Crippen LogP contribution is -2.21. The predicted molar refractivity (Wildman–Crippen MR) is 60.8 cm³/mol. The molecule has 0 saturated heterocycles. The lowest BCUT2D eigenvalue weighted by molar-refractivity contribution is -0.144. The Balaban J connectivity index is 2.20. The van der Waals surface area contributed by atoms with Crippen molar-refractivity contribution in [3.63, 3.8) is 0 Å². The van der Waals surface area contributed by atoms with Crippen molar-refractivity contribution in [2.75, 3.05) is 19.8 Å². The number of esters is 1. The van der Waals surface area contributed by atoms with Gasteiger partial charge in [-0.05, 0) is 11.6 Å². The highest BCUT2D eigenvalue weighted by Crippen LogP contribution is 2.18. The summed E-state index contributed by atoms with van der Waals surface area (Å²) in [4.78, 5) is 11.8. The second-order valence-electron chi connectivity index (χ2n) is 3.61. The molecule has 0 aromatic carbocycles. The molecule has 2 rings (SSSR count). The van der Waals surface area contributed by atoms with E-state index in [0.29, 0.717) is 19.8 Å². The van der Waals surface area contributed by atoms with Crippen molar-refractivity contribution in [1.82, 2.24) is 0 Å². The molecule has 1 aliphatic carbocycles. The lowest BCUT2D eigenvalue weighted by atomic mass is 9.99. The second-order valence-corrected chi connectivity index (χ2v) is 3.61. The highest BCUT2D eigenvalue weighted by atomic mass is 16.5. The summed E-state index contributed by atoms with van der Waals surface area (Å²) in [6, 6.07) is 0. The van der Waals surface area contributed by atoms with Gasteiger partial charge >= 0.3 is 5.97 Å². The van der Waals surface area contributed by atoms with E-state index < -0.39 is 0 Å². The van der Waals surface area contributed by atoms with Crippen LogP contribution in [-0.2, 0) is 14.3 Å². The van der Waals surface area contributed by atoms with Gasteiger partial charge in [-0.3, -0.25) is 4.79 Å². The maximum Gasteiger partial charge on any atom is 0.317 e. The first kappa shape index (κ1) is 10.9. The van der Waals surface area contributed by atoms with E-state index >= 15 is 0 Å². The summed E-state index contributed by atoms with van der Waals surface area (Å²) in [5.41, 5.74) is 0.935. The molecule has 84 valence electrons. The van der Waals surface area contributed by atoms with E-state index in [0.717, 1.165) is 5.57 Å². The molecule has 0 aromatic rings. The minimum absolute atomic E-state index is 0.221. The van der Waals surface area contributed by atoms with Gasteiger partial charge in [-0.1, -0.05) is 36.5 Å². The minimum Gasteiger partial charge on any atom is -0.461 e. The van der Waals surface area contributed by atoms with Gasteiger partial charge in [0.2, 0.25) is 0 Å². The number of ether oxygens (including phenoxy) is 2. The summed E-state index contributed by atoms with van der Waals surface area (Å²) in [7, 11) is 0. The number of hydrogen-bond acceptors (Lipinski definition) is 3. The Bertz CT molecular complexity index is 375. The number of carbonyl (C=O) groups excluding carboxylic acids is 1. The molecule has 2 aliphatic rings. The molecule has 1 heterocycles. The fraction of sp³-hybridized carbons (Fsp3) is 0.308. The van der Waals surface area contributed by atoms with E-state index in [1.165, 1.54) is 0 Å². The number of cyclic esters (lactones) is 1. The molecule has 1 unspecified atom stereocenters. The van der Waals surface area contributed by atoms with Crippen LogP contribution in [0.15, 0.2) is 48.1 Å². The van der Waals surface area contributed by atoms with E-state index in [1.54, 1.807) is 6.08 Å². The maximum atomic E-state index is 11.8. The van der Waals surface area contributed by atoms with Gasteiger partial charge in [-0.15, -0.1) is 0 Å². The molecule has 0 saturated carbocycles. The third-order valence-corrected chi connectivity index (χ3v) is 2.46. The zero-order chi connectivity index (χ0) is 11.2. The van der Waals surface area contributed by atoms with E-state index in [9.17, 15) is 4.79 Å². The fourth-order valence-corrected chi connectivity index (χ4v) is 1.61. The Morgan fingerprint density at radius 2 is 2.00 bits per heavy atom. The minimum atomic E-state index is -0.318. The number of rotatable bonds is 0. The van der Waals surface area contributed by atoms with Crippen molar-refractivity contribution >= 4 is 5.97 Å². The Labute approximate surface area is 94.7 Å². The van der Waals surface area contributed by atoms with Crippen LogP contribution in [0, 0.1) is 5.92 Å². The highest BCUT2D eigenvalue weighted by Gasteiger charge is 2.22. The van der Waals surface area contributed by atoms with Gasteiger partial charge in [0.25, 0.3) is 0 Å². The molecular formula is C13H14O3. The number of fused-ring (bicyclic) bond motifs is 1. The van der Waals surface area contributed by atoms with Crippen LogP contribution in [0.25, 0.3) is 0 Å². The molecule has 0 bridgehead atoms. The van der Waals surface area contributed by atoms with Crippen molar-refractivity contribution in [2.45, 2.75) is 0 Å². The van der Waals surface area contributed by atoms with Crippen LogP contribution in [0.2, 0.25) is 0 Å². The van der Waals surface area contributed by atoms with Gasteiger partial charge in [-0.2, -0.15) is 0 Å². The summed E-state index contributed by atoms with van der Waals surface area (Å²) in [5, 5.41) is 0. The molecule has 0 aromatic heterocycles. The second kappa shape index (κ2) is 5.47. The number of carbonyl (C=O) groups is 1. The predicted octanol–water partition coefficient (Wildman–Crippen LogP) is 1.78. The molecular weight excluding hydrogens is 204 g/mol. The summed E-state index contributed by atoms with van der Waals surface area (Å²) in [6.45, 7) is 1.32. The molecule has 3 heteroatoms. The molecule has 3 nitrogen and oxygen atoms in total. The third kappa shape index (κ3) is 2.70. The Kier molecular flexibility index (Phi) is 3.72. The normalized spacial score (nSPS) is 27.4. The maximum absolute atomic E-state index is 11.8. The van der Waals surface area contributed by atoms with Gasteiger partial charge in [-0.25, -0.2) is 0 Å². The average molecular weight is 218 g/mol. The molecule has 1 atom stereocenters. The van der Waals surface area contributed by atoms with Crippen LogP contribution in [0.1, 0.15) is 0 Å². The highest BCUT2D eigenvalue weighted by molar-refractivity contribution is 5.78. The van der Waals surface area contributed by atoms with Crippen LogP contribution in [0.5, 0.6) is 0 Å². The topological polar surface area (TPSA) is 35.5 Å². The van der Waals surface area contributed by atoms with Crippen molar-refractivity contribution in [3.05, 3.63) is 48.1 Å². The van der Waals surface area contributed by atoms with Crippen molar-refractivity contribution in [2.24, 2.45) is 5.92 Å². The van der Waals surface area contributed by atoms with Gasteiger partial charge < -0.3 is 9.47 Å². The first-order valence-electron chi connectivity index (χ1n) is 5.31. The molecule has 0 fully saturated rings. The molecule has 0 radical (unpaired) electrons. The summed E-state index contributed by atoms with van der Waals surface area (Å²) in [6.07, 6.45) is 13.1. The first-order valence-corrected chi connectivity index (χ1v) is 5.31. The first-order chi connectivity index (χ1) is 7.88. The van der Waals surface area contributed by atoms with E-state index in [-0.39, 0.29) is 11.9 Å². The monoisotopic (exact) mass is 218 g/mol. The lowest BCUT2D eigenvalue weighted by Gasteiger charge is -2.16. The van der Waals surface area contributed by atoms with Crippen LogP contribution < -0.4 is 0 Å². The van der Waals surface area contributed by atoms with Crippen LogP contribution in [-0.4, -0.2) is 25.8 Å². The molecule has 0 amide bonds. The molecule has 16 heavy (non-hydrogen) atoms. The summed E-state index contributed by atoms with van der Waals surface area (Å²) >= 11 is 0. The number of allylic oxidation sites excluding steroid dienone is 4. The SMILES string of the molecule is O=C1OC/C=C\COCC2=CC=CC=CC12. The Morgan fingerprint density at radius 3 is 2.94 bits per heavy atom. The zero-order valence-corrected chi connectivity index (χ0v) is 8.96.